The van der Waals surface area contributed by atoms with Gasteiger partial charge >= 0.3 is 0 Å². The van der Waals surface area contributed by atoms with Crippen LogP contribution >= 0.6 is 0 Å². The van der Waals surface area contributed by atoms with Gasteiger partial charge in [0.2, 0.25) is 0 Å². The van der Waals surface area contributed by atoms with E-state index in [4.69, 9.17) is 0 Å². The van der Waals surface area contributed by atoms with E-state index in [2.05, 4.69) is 34.2 Å². The molecule has 0 atom stereocenters. The molecule has 0 bridgehead atoms. The fourth-order valence-corrected chi connectivity index (χ4v) is 3.78. The highest BCUT2D eigenvalue weighted by Gasteiger charge is 2.19. The number of benzene rings is 2. The molecule has 26 heavy (non-hydrogen) atoms. The quantitative estimate of drug-likeness (QED) is 0.243. The van der Waals surface area contributed by atoms with E-state index in [1.165, 1.54) is 5.56 Å². The van der Waals surface area contributed by atoms with Crippen molar-refractivity contribution >= 4 is 27.5 Å². The molecule has 0 aliphatic rings. The van der Waals surface area contributed by atoms with Crippen LogP contribution in [0.15, 0.2) is 60.0 Å². The molecule has 0 aliphatic heterocycles. The van der Waals surface area contributed by atoms with Crippen molar-refractivity contribution < 1.29 is 5.21 Å². The Kier molecular flexibility index (Phi) is 3.88. The number of pyridine rings is 2. The third kappa shape index (κ3) is 2.51. The van der Waals surface area contributed by atoms with Gasteiger partial charge in [-0.3, -0.25) is 9.97 Å². The van der Waals surface area contributed by atoms with Gasteiger partial charge in [0.25, 0.3) is 0 Å². The molecule has 0 unspecified atom stereocenters. The number of hydrogen-bond acceptors (Lipinski definition) is 4. The van der Waals surface area contributed by atoms with Crippen molar-refractivity contribution in [3.05, 3.63) is 82.7 Å². The van der Waals surface area contributed by atoms with E-state index in [0.717, 1.165) is 44.1 Å². The largest absolute Gasteiger partial charge is 0.410 e. The lowest BCUT2D eigenvalue weighted by molar-refractivity contribution is 0.319. The lowest BCUT2D eigenvalue weighted by Crippen LogP contribution is -2.10. The summed E-state index contributed by atoms with van der Waals surface area (Å²) in [6, 6.07) is 14.1. The van der Waals surface area contributed by atoms with Crippen LogP contribution in [0, 0.1) is 20.8 Å². The van der Waals surface area contributed by atoms with E-state index in [0.29, 0.717) is 5.71 Å². The summed E-state index contributed by atoms with van der Waals surface area (Å²) in [5, 5.41) is 15.6. The van der Waals surface area contributed by atoms with Crippen LogP contribution in [0.2, 0.25) is 0 Å². The van der Waals surface area contributed by atoms with Crippen LogP contribution in [0.25, 0.3) is 21.8 Å². The maximum Gasteiger partial charge on any atom is 0.119 e. The Bertz CT molecular complexity index is 1160. The van der Waals surface area contributed by atoms with Crippen LogP contribution in [-0.2, 0) is 0 Å². The van der Waals surface area contributed by atoms with Crippen molar-refractivity contribution in [3.63, 3.8) is 0 Å². The molecule has 0 spiro atoms. The predicted molar refractivity (Wildman–Crippen MR) is 105 cm³/mol. The van der Waals surface area contributed by atoms with Crippen molar-refractivity contribution in [2.45, 2.75) is 20.8 Å². The second kappa shape index (κ2) is 6.23. The standard InChI is InChI=1S/C22H19N3O/c1-13-10-14(2)20(15(3)11-13)22(25-26)18-12-19-16(6-4-8-23-19)17-7-5-9-24-21(17)18/h4-12,26H,1-3H3/b25-22+. The van der Waals surface area contributed by atoms with E-state index in [-0.39, 0.29) is 0 Å². The first kappa shape index (κ1) is 16.2. The maximum atomic E-state index is 9.92. The number of nitrogens with zero attached hydrogens (tertiary/aromatic N) is 3. The Morgan fingerprint density at radius 3 is 2.23 bits per heavy atom. The summed E-state index contributed by atoms with van der Waals surface area (Å²) in [4.78, 5) is 9.08. The van der Waals surface area contributed by atoms with Gasteiger partial charge in [-0.05, 0) is 50.1 Å². The molecule has 0 fully saturated rings. The fourth-order valence-electron chi connectivity index (χ4n) is 3.78. The molecular formula is C22H19N3O. The van der Waals surface area contributed by atoms with E-state index in [1.54, 1.807) is 12.4 Å². The molecule has 0 amide bonds. The summed E-state index contributed by atoms with van der Waals surface area (Å²) in [7, 11) is 0. The molecule has 128 valence electrons. The zero-order valence-corrected chi connectivity index (χ0v) is 15.0. The Balaban J connectivity index is 2.10. The normalized spacial score (nSPS) is 12.0. The number of aryl methyl sites for hydroxylation is 3. The van der Waals surface area contributed by atoms with Crippen LogP contribution in [0.5, 0.6) is 0 Å². The summed E-state index contributed by atoms with van der Waals surface area (Å²) in [5.74, 6) is 0. The molecule has 4 nitrogen and oxygen atoms in total. The highest BCUT2D eigenvalue weighted by Crippen LogP contribution is 2.29. The number of fused-ring (bicyclic) bond motifs is 3. The van der Waals surface area contributed by atoms with Gasteiger partial charge in [-0.15, -0.1) is 0 Å². The monoisotopic (exact) mass is 341 g/mol. The number of aromatic nitrogens is 2. The number of rotatable bonds is 2. The fraction of sp³-hybridized carbons (Fsp3) is 0.136. The molecule has 0 saturated heterocycles. The predicted octanol–water partition coefficient (Wildman–Crippen LogP) is 4.93. The van der Waals surface area contributed by atoms with Gasteiger partial charge in [-0.25, -0.2) is 0 Å². The average Bonchev–Trinajstić information content (AvgIpc) is 2.64. The van der Waals surface area contributed by atoms with Crippen LogP contribution in [0.3, 0.4) is 0 Å². The van der Waals surface area contributed by atoms with Gasteiger partial charge in [-0.2, -0.15) is 0 Å². The summed E-state index contributed by atoms with van der Waals surface area (Å²) in [6.45, 7) is 6.14. The average molecular weight is 341 g/mol. The first-order valence-corrected chi connectivity index (χ1v) is 8.53. The summed E-state index contributed by atoms with van der Waals surface area (Å²) < 4.78 is 0. The molecule has 4 rings (SSSR count). The Hall–Kier alpha value is -3.27. The third-order valence-electron chi connectivity index (χ3n) is 4.74. The van der Waals surface area contributed by atoms with E-state index < -0.39 is 0 Å². The van der Waals surface area contributed by atoms with Gasteiger partial charge < -0.3 is 5.21 Å². The Morgan fingerprint density at radius 2 is 1.54 bits per heavy atom. The van der Waals surface area contributed by atoms with E-state index in [1.807, 2.05) is 44.2 Å². The van der Waals surface area contributed by atoms with Crippen LogP contribution in [-0.4, -0.2) is 20.9 Å². The van der Waals surface area contributed by atoms with Gasteiger partial charge in [0, 0.05) is 34.3 Å². The number of oxime groups is 1. The minimum atomic E-state index is 0.524. The van der Waals surface area contributed by atoms with E-state index in [9.17, 15) is 5.21 Å². The van der Waals surface area contributed by atoms with Crippen LogP contribution < -0.4 is 0 Å². The zero-order chi connectivity index (χ0) is 18.3. The van der Waals surface area contributed by atoms with Crippen molar-refractivity contribution in [2.24, 2.45) is 5.16 Å². The lowest BCUT2D eigenvalue weighted by atomic mass is 9.90. The van der Waals surface area contributed by atoms with Gasteiger partial charge in [0.05, 0.1) is 11.0 Å². The molecule has 2 aromatic carbocycles. The molecule has 0 aliphatic carbocycles. The summed E-state index contributed by atoms with van der Waals surface area (Å²) in [5.41, 5.74) is 7.22. The second-order valence-corrected chi connectivity index (χ2v) is 6.62. The minimum absolute atomic E-state index is 0.524. The lowest BCUT2D eigenvalue weighted by Gasteiger charge is -2.15. The Morgan fingerprint density at radius 1 is 0.885 bits per heavy atom. The SMILES string of the molecule is Cc1cc(C)c(/C(=N/O)c2cc3ncccc3c3cccnc23)c(C)c1. The smallest absolute Gasteiger partial charge is 0.119 e. The molecule has 1 N–H and O–H groups in total. The molecule has 0 saturated carbocycles. The minimum Gasteiger partial charge on any atom is -0.410 e. The molecular weight excluding hydrogens is 322 g/mol. The van der Waals surface area contributed by atoms with Crippen molar-refractivity contribution in [1.82, 2.24) is 9.97 Å². The molecule has 2 aromatic heterocycles. The molecule has 4 heteroatoms. The summed E-state index contributed by atoms with van der Waals surface area (Å²) in [6.07, 6.45) is 3.53. The van der Waals surface area contributed by atoms with Crippen molar-refractivity contribution in [1.29, 1.82) is 0 Å². The first-order valence-electron chi connectivity index (χ1n) is 8.53. The second-order valence-electron chi connectivity index (χ2n) is 6.62. The van der Waals surface area contributed by atoms with Gasteiger partial charge in [0.15, 0.2) is 0 Å². The van der Waals surface area contributed by atoms with Crippen molar-refractivity contribution in [2.75, 3.05) is 0 Å². The van der Waals surface area contributed by atoms with Gasteiger partial charge in [-0.1, -0.05) is 35.0 Å². The summed E-state index contributed by atoms with van der Waals surface area (Å²) >= 11 is 0. The topological polar surface area (TPSA) is 58.4 Å². The van der Waals surface area contributed by atoms with Crippen LogP contribution in [0.4, 0.5) is 0 Å². The molecule has 4 aromatic rings. The highest BCUT2D eigenvalue weighted by molar-refractivity contribution is 6.23. The highest BCUT2D eigenvalue weighted by atomic mass is 16.4. The maximum absolute atomic E-state index is 9.92. The Labute approximate surface area is 151 Å². The van der Waals surface area contributed by atoms with Crippen LogP contribution in [0.1, 0.15) is 27.8 Å². The zero-order valence-electron chi connectivity index (χ0n) is 15.0. The molecule has 2 heterocycles. The van der Waals surface area contributed by atoms with Gasteiger partial charge in [0.1, 0.15) is 5.71 Å². The van der Waals surface area contributed by atoms with Crippen molar-refractivity contribution in [3.8, 4) is 0 Å². The van der Waals surface area contributed by atoms with E-state index >= 15 is 0 Å². The number of hydrogen-bond donors (Lipinski definition) is 1. The molecule has 0 radical (unpaired) electrons. The third-order valence-corrected chi connectivity index (χ3v) is 4.74. The first-order chi connectivity index (χ1) is 12.6.